The normalized spacial score (nSPS) is 42.8. The number of hydrogen-bond acceptors (Lipinski definition) is 4. The third-order valence-corrected chi connectivity index (χ3v) is 7.25. The minimum atomic E-state index is -0.652. The van der Waals surface area contributed by atoms with E-state index >= 15 is 0 Å². The Bertz CT molecular complexity index is 637. The summed E-state index contributed by atoms with van der Waals surface area (Å²) in [5.74, 6) is 0.964. The van der Waals surface area contributed by atoms with E-state index in [9.17, 15) is 9.90 Å². The molecule has 4 nitrogen and oxygen atoms in total. The Hall–Kier alpha value is -1.13. The molecule has 3 aliphatic rings. The Labute approximate surface area is 170 Å². The lowest BCUT2D eigenvalue weighted by atomic mass is 9.60. The topological polar surface area (TPSA) is 55.8 Å². The lowest BCUT2D eigenvalue weighted by Gasteiger charge is -2.46. The molecule has 0 spiro atoms. The fraction of sp³-hybridized carbons (Fsp3) is 0.792. The van der Waals surface area contributed by atoms with Crippen LogP contribution >= 0.6 is 0 Å². The average Bonchev–Trinajstić information content (AvgIpc) is 2.99. The van der Waals surface area contributed by atoms with Crippen molar-refractivity contribution in [3.8, 4) is 0 Å². The van der Waals surface area contributed by atoms with Crippen LogP contribution in [-0.4, -0.2) is 35.0 Å². The van der Waals surface area contributed by atoms with Crippen LogP contribution in [0, 0.1) is 23.7 Å². The number of carbonyl (C=O) groups excluding carboxylic acids is 1. The summed E-state index contributed by atoms with van der Waals surface area (Å²) in [6.45, 7) is 14.9. The first-order chi connectivity index (χ1) is 13.2. The Balaban J connectivity index is 2.03. The monoisotopic (exact) mass is 390 g/mol. The highest BCUT2D eigenvalue weighted by molar-refractivity contribution is 5.69. The van der Waals surface area contributed by atoms with Crippen LogP contribution in [-0.2, 0) is 14.3 Å². The van der Waals surface area contributed by atoms with E-state index in [0.717, 1.165) is 37.7 Å². The number of aliphatic hydroxyl groups is 1. The van der Waals surface area contributed by atoms with E-state index in [1.807, 2.05) is 6.92 Å². The number of ether oxygens (including phenoxy) is 2. The van der Waals surface area contributed by atoms with Crippen molar-refractivity contribution in [1.29, 1.82) is 0 Å². The molecule has 2 heterocycles. The number of aliphatic hydroxyl groups excluding tert-OH is 1. The van der Waals surface area contributed by atoms with Gasteiger partial charge < -0.3 is 14.6 Å². The molecule has 1 aliphatic carbocycles. The van der Waals surface area contributed by atoms with E-state index < -0.39 is 11.7 Å². The van der Waals surface area contributed by atoms with Gasteiger partial charge in [0.25, 0.3) is 0 Å². The Morgan fingerprint density at radius 3 is 2.82 bits per heavy atom. The third kappa shape index (κ3) is 3.95. The zero-order valence-electron chi connectivity index (χ0n) is 18.2. The van der Waals surface area contributed by atoms with Gasteiger partial charge in [-0.25, -0.2) is 0 Å². The molecule has 1 saturated carbocycles. The van der Waals surface area contributed by atoms with E-state index in [-0.39, 0.29) is 30.0 Å². The summed E-state index contributed by atoms with van der Waals surface area (Å²) < 4.78 is 12.8. The third-order valence-electron chi connectivity index (χ3n) is 7.25. The Morgan fingerprint density at radius 1 is 1.46 bits per heavy atom. The van der Waals surface area contributed by atoms with Gasteiger partial charge in [0.1, 0.15) is 11.7 Å². The zero-order chi connectivity index (χ0) is 20.6. The molecule has 7 unspecified atom stereocenters. The van der Waals surface area contributed by atoms with Crippen LogP contribution in [0.15, 0.2) is 23.8 Å². The molecule has 2 bridgehead atoms. The molecule has 158 valence electrons. The van der Waals surface area contributed by atoms with E-state index in [1.54, 1.807) is 0 Å². The lowest BCUT2D eigenvalue weighted by Crippen LogP contribution is -2.52. The number of esters is 1. The molecule has 7 atom stereocenters. The number of allylic oxidation sites excluding steroid dienone is 1. The van der Waals surface area contributed by atoms with Crippen molar-refractivity contribution in [2.45, 2.75) is 97.1 Å². The minimum Gasteiger partial charge on any atom is -0.457 e. The molecule has 0 aromatic rings. The van der Waals surface area contributed by atoms with E-state index in [4.69, 9.17) is 9.47 Å². The maximum Gasteiger partial charge on any atom is 0.306 e. The number of fused-ring (bicyclic) bond motifs is 5. The van der Waals surface area contributed by atoms with Gasteiger partial charge in [0.2, 0.25) is 0 Å². The summed E-state index contributed by atoms with van der Waals surface area (Å²) in [6.07, 6.45) is 6.08. The SMILES string of the molecule is C=C1C(O)CC(C(C)C)C2C1C1C/C(C)=C\CCC(C)(OC(=O)CCC)C2O1. The van der Waals surface area contributed by atoms with E-state index in [0.29, 0.717) is 18.3 Å². The maximum absolute atomic E-state index is 12.5. The summed E-state index contributed by atoms with van der Waals surface area (Å²) >= 11 is 0. The van der Waals surface area contributed by atoms with Crippen LogP contribution < -0.4 is 0 Å². The van der Waals surface area contributed by atoms with Gasteiger partial charge in [0.05, 0.1) is 12.2 Å². The first-order valence-corrected chi connectivity index (χ1v) is 11.1. The molecule has 28 heavy (non-hydrogen) atoms. The van der Waals surface area contributed by atoms with Crippen molar-refractivity contribution in [2.24, 2.45) is 23.7 Å². The van der Waals surface area contributed by atoms with Crippen molar-refractivity contribution in [3.05, 3.63) is 23.8 Å². The second-order valence-electron chi connectivity index (χ2n) is 9.76. The molecular weight excluding hydrogens is 352 g/mol. The standard InChI is InChI=1S/C24H38O4/c1-7-9-20(26)28-24(6)11-8-10-15(4)12-19-21-16(5)18(25)13-17(14(2)3)22(21)23(24)27-19/h10,14,17-19,21-23,25H,5,7-9,11-13H2,1-4,6H3/b15-10-. The molecule has 4 heteroatoms. The van der Waals surface area contributed by atoms with Crippen molar-refractivity contribution >= 4 is 5.97 Å². The van der Waals surface area contributed by atoms with Gasteiger partial charge >= 0.3 is 5.97 Å². The van der Waals surface area contributed by atoms with Gasteiger partial charge in [-0.05, 0) is 63.4 Å². The molecule has 0 amide bonds. The van der Waals surface area contributed by atoms with Crippen molar-refractivity contribution in [1.82, 2.24) is 0 Å². The predicted octanol–water partition coefficient (Wildman–Crippen LogP) is 4.81. The molecule has 2 aliphatic heterocycles. The average molecular weight is 391 g/mol. The second kappa shape index (κ2) is 8.31. The van der Waals surface area contributed by atoms with Crippen molar-refractivity contribution < 1.29 is 19.4 Å². The fourth-order valence-corrected chi connectivity index (χ4v) is 5.78. The first-order valence-electron chi connectivity index (χ1n) is 11.1. The molecule has 0 aromatic carbocycles. The first kappa shape index (κ1) is 21.6. The highest BCUT2D eigenvalue weighted by atomic mass is 16.6. The molecule has 3 rings (SSSR count). The van der Waals surface area contributed by atoms with Crippen LogP contribution in [0.3, 0.4) is 0 Å². The highest BCUT2D eigenvalue weighted by Crippen LogP contribution is 2.55. The summed E-state index contributed by atoms with van der Waals surface area (Å²) in [4.78, 5) is 12.5. The Morgan fingerprint density at radius 2 is 2.18 bits per heavy atom. The molecule has 1 saturated heterocycles. The fourth-order valence-electron chi connectivity index (χ4n) is 5.78. The van der Waals surface area contributed by atoms with Crippen LogP contribution in [0.4, 0.5) is 0 Å². The van der Waals surface area contributed by atoms with E-state index in [1.165, 1.54) is 5.57 Å². The molecule has 1 N–H and O–H groups in total. The number of rotatable bonds is 4. The second-order valence-corrected chi connectivity index (χ2v) is 9.76. The zero-order valence-corrected chi connectivity index (χ0v) is 18.2. The highest BCUT2D eigenvalue weighted by Gasteiger charge is 2.59. The van der Waals surface area contributed by atoms with Crippen molar-refractivity contribution in [3.63, 3.8) is 0 Å². The lowest BCUT2D eigenvalue weighted by molar-refractivity contribution is -0.181. The predicted molar refractivity (Wildman–Crippen MR) is 111 cm³/mol. The number of carbonyl (C=O) groups is 1. The van der Waals surface area contributed by atoms with Gasteiger partial charge in [0, 0.05) is 18.3 Å². The smallest absolute Gasteiger partial charge is 0.306 e. The van der Waals surface area contributed by atoms with Gasteiger partial charge in [-0.3, -0.25) is 4.79 Å². The van der Waals surface area contributed by atoms with Crippen LogP contribution in [0.5, 0.6) is 0 Å². The van der Waals surface area contributed by atoms with Crippen LogP contribution in [0.2, 0.25) is 0 Å². The Kier molecular flexibility index (Phi) is 6.41. The molecule has 2 fully saturated rings. The maximum atomic E-state index is 12.5. The molecule has 0 radical (unpaired) electrons. The van der Waals surface area contributed by atoms with Crippen LogP contribution in [0.25, 0.3) is 0 Å². The van der Waals surface area contributed by atoms with Gasteiger partial charge in [0.15, 0.2) is 0 Å². The van der Waals surface area contributed by atoms with Gasteiger partial charge in [-0.15, -0.1) is 0 Å². The minimum absolute atomic E-state index is 0.00254. The summed E-state index contributed by atoms with van der Waals surface area (Å²) in [6, 6.07) is 0. The van der Waals surface area contributed by atoms with Gasteiger partial charge in [-0.2, -0.15) is 0 Å². The molecule has 0 aromatic heterocycles. The molecular formula is C24H38O4. The number of hydrogen-bond donors (Lipinski definition) is 1. The quantitative estimate of drug-likeness (QED) is 0.553. The van der Waals surface area contributed by atoms with Crippen LogP contribution in [0.1, 0.15) is 73.1 Å². The largest absolute Gasteiger partial charge is 0.457 e. The summed E-state index contributed by atoms with van der Waals surface area (Å²) in [5.41, 5.74) is 1.56. The summed E-state index contributed by atoms with van der Waals surface area (Å²) in [7, 11) is 0. The van der Waals surface area contributed by atoms with E-state index in [2.05, 4.69) is 40.3 Å². The van der Waals surface area contributed by atoms with Crippen molar-refractivity contribution in [2.75, 3.05) is 0 Å². The van der Waals surface area contributed by atoms with Gasteiger partial charge in [-0.1, -0.05) is 39.0 Å². The summed E-state index contributed by atoms with van der Waals surface area (Å²) in [5, 5.41) is 10.7.